The van der Waals surface area contributed by atoms with Crippen LogP contribution in [0.3, 0.4) is 0 Å². The second kappa shape index (κ2) is 8.12. The molecule has 132 valence electrons. The largest absolute Gasteiger partial charge is 0.504 e. The smallest absolute Gasteiger partial charge is 0.165 e. The highest BCUT2D eigenvalue weighted by atomic mass is 16.5. The molecule has 25 heavy (non-hydrogen) atoms. The van der Waals surface area contributed by atoms with Crippen molar-refractivity contribution in [3.8, 4) is 23.0 Å². The summed E-state index contributed by atoms with van der Waals surface area (Å²) < 4.78 is 10.2. The van der Waals surface area contributed by atoms with E-state index in [9.17, 15) is 10.2 Å². The molecule has 0 saturated heterocycles. The number of benzene rings is 2. The highest BCUT2D eigenvalue weighted by Gasteiger charge is 2.09. The first kappa shape index (κ1) is 18.2. The molecular formula is C19H22N2O4. The summed E-state index contributed by atoms with van der Waals surface area (Å²) >= 11 is 0. The van der Waals surface area contributed by atoms with Crippen LogP contribution in [-0.2, 0) is 0 Å². The molecule has 0 unspecified atom stereocenters. The van der Waals surface area contributed by atoms with Crippen molar-refractivity contribution in [2.75, 3.05) is 20.8 Å². The van der Waals surface area contributed by atoms with E-state index in [4.69, 9.17) is 20.9 Å². The monoisotopic (exact) mass is 342 g/mol. The van der Waals surface area contributed by atoms with Gasteiger partial charge in [-0.1, -0.05) is 24.3 Å². The summed E-state index contributed by atoms with van der Waals surface area (Å²) in [5.41, 5.74) is 13.9. The minimum atomic E-state index is -0.00597. The van der Waals surface area contributed by atoms with Crippen LogP contribution in [0, 0.1) is 0 Å². The van der Waals surface area contributed by atoms with Crippen LogP contribution >= 0.6 is 0 Å². The van der Waals surface area contributed by atoms with Gasteiger partial charge in [-0.05, 0) is 29.9 Å². The molecule has 0 aliphatic carbocycles. The fourth-order valence-electron chi connectivity index (χ4n) is 2.35. The van der Waals surface area contributed by atoms with Crippen LogP contribution in [0.15, 0.2) is 47.7 Å². The van der Waals surface area contributed by atoms with Gasteiger partial charge in [-0.3, -0.25) is 0 Å². The molecule has 0 aliphatic rings. The minimum Gasteiger partial charge on any atom is -0.504 e. The molecule has 0 aromatic heterocycles. The van der Waals surface area contributed by atoms with Gasteiger partial charge in [-0.15, -0.1) is 0 Å². The number of hydrogen-bond donors (Lipinski definition) is 4. The Bertz CT molecular complexity index is 813. The zero-order valence-electron chi connectivity index (χ0n) is 14.2. The van der Waals surface area contributed by atoms with Crippen LogP contribution in [0.25, 0.3) is 12.2 Å². The Labute approximate surface area is 146 Å². The zero-order valence-corrected chi connectivity index (χ0v) is 14.2. The zero-order chi connectivity index (χ0) is 18.4. The summed E-state index contributed by atoms with van der Waals surface area (Å²) in [6.07, 6.45) is 3.29. The van der Waals surface area contributed by atoms with Gasteiger partial charge in [0, 0.05) is 23.4 Å². The Morgan fingerprint density at radius 2 is 1.40 bits per heavy atom. The van der Waals surface area contributed by atoms with Crippen molar-refractivity contribution in [1.29, 1.82) is 0 Å². The molecule has 0 fully saturated rings. The summed E-state index contributed by atoms with van der Waals surface area (Å²) in [5.74, 6) is 0.713. The fourth-order valence-corrected chi connectivity index (χ4v) is 2.35. The number of phenolic OH excluding ortho intramolecular Hbond substituents is 2. The van der Waals surface area contributed by atoms with E-state index in [2.05, 4.69) is 0 Å². The summed E-state index contributed by atoms with van der Waals surface area (Å²) in [7, 11) is 2.95. The number of methoxy groups -OCH3 is 2. The quantitative estimate of drug-likeness (QED) is 0.600. The van der Waals surface area contributed by atoms with E-state index in [1.807, 2.05) is 0 Å². The number of ether oxygens (including phenoxy) is 2. The lowest BCUT2D eigenvalue weighted by Gasteiger charge is -2.10. The molecule has 0 radical (unpaired) electrons. The molecule has 2 rings (SSSR count). The molecule has 0 atom stereocenters. The fraction of sp³-hybridized carbons (Fsp3) is 0.158. The Balaban J connectivity index is 2.44. The SMILES string of the molecule is COc1cccc(C=C(N)C(=Cc2cccc(OC)c2O)CN)c1O. The third-order valence-corrected chi connectivity index (χ3v) is 3.73. The van der Waals surface area contributed by atoms with Crippen molar-refractivity contribution in [3.63, 3.8) is 0 Å². The maximum Gasteiger partial charge on any atom is 0.165 e. The van der Waals surface area contributed by atoms with Crippen LogP contribution < -0.4 is 20.9 Å². The lowest BCUT2D eigenvalue weighted by atomic mass is 10.0. The number of para-hydroxylation sites is 2. The van der Waals surface area contributed by atoms with Gasteiger partial charge < -0.3 is 31.2 Å². The molecule has 0 amide bonds. The van der Waals surface area contributed by atoms with E-state index < -0.39 is 0 Å². The number of hydrogen-bond acceptors (Lipinski definition) is 6. The second-order valence-electron chi connectivity index (χ2n) is 5.27. The first-order valence-electron chi connectivity index (χ1n) is 7.62. The van der Waals surface area contributed by atoms with Gasteiger partial charge in [-0.25, -0.2) is 0 Å². The molecule has 0 saturated carbocycles. The Kier molecular flexibility index (Phi) is 5.92. The maximum absolute atomic E-state index is 10.2. The minimum absolute atomic E-state index is 0.00597. The normalized spacial score (nSPS) is 12.1. The maximum atomic E-state index is 10.2. The molecule has 0 aliphatic heterocycles. The highest BCUT2D eigenvalue weighted by molar-refractivity contribution is 5.72. The standard InChI is InChI=1S/C19H22N2O4/c1-24-16-7-3-5-12(18(16)22)9-14(11-20)15(21)10-13-6-4-8-17(25-2)19(13)23/h3-10,22-23H,11,20-21H2,1-2H3. The lowest BCUT2D eigenvalue weighted by molar-refractivity contribution is 0.373. The van der Waals surface area contributed by atoms with Crippen molar-refractivity contribution < 1.29 is 19.7 Å². The summed E-state index contributed by atoms with van der Waals surface area (Å²) in [6.45, 7) is 0.156. The van der Waals surface area contributed by atoms with Crippen LogP contribution in [-0.4, -0.2) is 31.0 Å². The van der Waals surface area contributed by atoms with E-state index >= 15 is 0 Å². The molecule has 0 heterocycles. The van der Waals surface area contributed by atoms with E-state index in [0.717, 1.165) is 0 Å². The van der Waals surface area contributed by atoms with E-state index in [-0.39, 0.29) is 18.0 Å². The van der Waals surface area contributed by atoms with Crippen molar-refractivity contribution >= 4 is 12.2 Å². The Morgan fingerprint density at radius 1 is 0.920 bits per heavy atom. The van der Waals surface area contributed by atoms with Gasteiger partial charge in [0.25, 0.3) is 0 Å². The first-order chi connectivity index (χ1) is 12.0. The predicted octanol–water partition coefficient (Wildman–Crippen LogP) is 2.46. The molecule has 2 aromatic carbocycles. The van der Waals surface area contributed by atoms with Crippen molar-refractivity contribution in [2.45, 2.75) is 0 Å². The molecule has 6 heteroatoms. The van der Waals surface area contributed by atoms with E-state index in [1.54, 1.807) is 48.6 Å². The Hall–Kier alpha value is -3.12. The van der Waals surface area contributed by atoms with E-state index in [1.165, 1.54) is 14.2 Å². The average Bonchev–Trinajstić information content (AvgIpc) is 2.62. The highest BCUT2D eigenvalue weighted by Crippen LogP contribution is 2.33. The van der Waals surface area contributed by atoms with Crippen molar-refractivity contribution in [2.24, 2.45) is 11.5 Å². The van der Waals surface area contributed by atoms with Crippen LogP contribution in [0.4, 0.5) is 0 Å². The summed E-state index contributed by atoms with van der Waals surface area (Å²) in [4.78, 5) is 0. The summed E-state index contributed by atoms with van der Waals surface area (Å²) in [6, 6.07) is 10.2. The van der Waals surface area contributed by atoms with Gasteiger partial charge in [0.15, 0.2) is 23.0 Å². The van der Waals surface area contributed by atoms with Crippen molar-refractivity contribution in [3.05, 3.63) is 58.8 Å². The summed E-state index contributed by atoms with van der Waals surface area (Å²) in [5, 5.41) is 20.4. The number of phenols is 2. The van der Waals surface area contributed by atoms with E-state index in [0.29, 0.717) is 33.9 Å². The van der Waals surface area contributed by atoms with Crippen LogP contribution in [0.2, 0.25) is 0 Å². The topological polar surface area (TPSA) is 111 Å². The van der Waals surface area contributed by atoms with Crippen LogP contribution in [0.5, 0.6) is 23.0 Å². The van der Waals surface area contributed by atoms with Gasteiger partial charge >= 0.3 is 0 Å². The van der Waals surface area contributed by atoms with Crippen LogP contribution in [0.1, 0.15) is 11.1 Å². The third kappa shape index (κ3) is 4.05. The average molecular weight is 342 g/mol. The molecule has 0 spiro atoms. The number of aromatic hydroxyl groups is 2. The number of nitrogens with two attached hydrogens (primary N) is 2. The second-order valence-corrected chi connectivity index (χ2v) is 5.27. The molecule has 2 aromatic rings. The first-order valence-corrected chi connectivity index (χ1v) is 7.62. The molecule has 6 nitrogen and oxygen atoms in total. The molecule has 0 bridgehead atoms. The van der Waals surface area contributed by atoms with Gasteiger partial charge in [0.05, 0.1) is 14.2 Å². The predicted molar refractivity (Wildman–Crippen MR) is 98.5 cm³/mol. The lowest BCUT2D eigenvalue weighted by Crippen LogP contribution is -2.11. The van der Waals surface area contributed by atoms with Gasteiger partial charge in [0.2, 0.25) is 0 Å². The van der Waals surface area contributed by atoms with Gasteiger partial charge in [-0.2, -0.15) is 0 Å². The third-order valence-electron chi connectivity index (χ3n) is 3.73. The number of rotatable bonds is 6. The van der Waals surface area contributed by atoms with Crippen molar-refractivity contribution in [1.82, 2.24) is 0 Å². The molecular weight excluding hydrogens is 320 g/mol. The van der Waals surface area contributed by atoms with Gasteiger partial charge in [0.1, 0.15) is 0 Å². The Morgan fingerprint density at radius 3 is 1.84 bits per heavy atom. The molecule has 6 N–H and O–H groups in total.